The third kappa shape index (κ3) is 12.7. The fourth-order valence-electron chi connectivity index (χ4n) is 4.95. The molecule has 0 unspecified atom stereocenters. The average molecular weight is 877 g/mol. The van der Waals surface area contributed by atoms with Crippen LogP contribution in [0.2, 0.25) is 5.28 Å². The van der Waals surface area contributed by atoms with Gasteiger partial charge in [-0.15, -0.1) is 12.6 Å². The summed E-state index contributed by atoms with van der Waals surface area (Å²) in [6, 6.07) is 30.7. The van der Waals surface area contributed by atoms with Gasteiger partial charge in [-0.3, -0.25) is 9.59 Å². The normalized spacial score (nSPS) is 10.3. The van der Waals surface area contributed by atoms with Crippen molar-refractivity contribution in [1.29, 1.82) is 0 Å². The number of ether oxygens (including phenoxy) is 2. The van der Waals surface area contributed by atoms with Gasteiger partial charge in [0.1, 0.15) is 11.5 Å². The van der Waals surface area contributed by atoms with Crippen LogP contribution in [0.3, 0.4) is 0 Å². The third-order valence-corrected chi connectivity index (χ3v) is 10.8. The summed E-state index contributed by atoms with van der Waals surface area (Å²) in [5.41, 5.74) is 5.18. The first-order chi connectivity index (χ1) is 27.5. The molecule has 0 aliphatic heterocycles. The predicted octanol–water partition coefficient (Wildman–Crippen LogP) is 7.34. The molecule has 2 amide bonds. The fourth-order valence-corrected chi connectivity index (χ4v) is 7.89. The molecule has 0 fully saturated rings. The molecule has 0 saturated heterocycles. The number of aromatic nitrogens is 6. The Labute approximate surface area is 380 Å². The standard InChI is InChI=1S/C20H16N4O2S2.C13H9ClN4OS.C7H8OS.Na.H/c1-12(25)22-20-24-17-8-3-13(11-18(17)28-20)16-9-10-21-19(23-16)27-15-6-4-14(26-2)5-7-15;1-7(19)16-13-18-10-3-2-8(6-11(10)20-13)9-4-5-15-12(14)17-9;1-8-6-2-4-7(9)5-3-6;;/h3-11H,1-2H3,(H,22,24,25);2-6H,1H3,(H,16,18,19);2-5,9H,1H3;;/q;;;+1;-1. The summed E-state index contributed by atoms with van der Waals surface area (Å²) in [4.78, 5) is 50.1. The van der Waals surface area contributed by atoms with Gasteiger partial charge in [-0.25, -0.2) is 29.9 Å². The molecule has 290 valence electrons. The van der Waals surface area contributed by atoms with Crippen LogP contribution in [0.25, 0.3) is 42.9 Å². The fraction of sp³-hybridized carbons (Fsp3) is 0.100. The van der Waals surface area contributed by atoms with Gasteiger partial charge in [-0.2, -0.15) is 0 Å². The van der Waals surface area contributed by atoms with Gasteiger partial charge >= 0.3 is 29.6 Å². The summed E-state index contributed by atoms with van der Waals surface area (Å²) in [6.07, 6.45) is 3.37. The van der Waals surface area contributed by atoms with E-state index in [1.54, 1.807) is 32.7 Å². The summed E-state index contributed by atoms with van der Waals surface area (Å²) in [5, 5.41) is 7.48. The quantitative estimate of drug-likeness (QED) is 0.0799. The molecular weight excluding hydrogens is 843 g/mol. The number of thiol groups is 1. The molecule has 4 aromatic carbocycles. The van der Waals surface area contributed by atoms with Crippen molar-refractivity contribution in [2.75, 3.05) is 24.9 Å². The van der Waals surface area contributed by atoms with E-state index in [-0.39, 0.29) is 48.1 Å². The molecule has 58 heavy (non-hydrogen) atoms. The molecule has 0 atom stereocenters. The first-order valence-electron chi connectivity index (χ1n) is 16.9. The minimum Gasteiger partial charge on any atom is -1.00 e. The molecule has 0 bridgehead atoms. The van der Waals surface area contributed by atoms with Crippen LogP contribution in [0.4, 0.5) is 10.3 Å². The van der Waals surface area contributed by atoms with Gasteiger partial charge < -0.3 is 21.5 Å². The van der Waals surface area contributed by atoms with E-state index in [9.17, 15) is 9.59 Å². The molecule has 0 radical (unpaired) electrons. The maximum absolute atomic E-state index is 11.2. The van der Waals surface area contributed by atoms with E-state index >= 15 is 0 Å². The molecule has 0 aliphatic rings. The molecule has 0 aliphatic carbocycles. The minimum atomic E-state index is -0.133. The Hall–Kier alpha value is -4.65. The van der Waals surface area contributed by atoms with Crippen molar-refractivity contribution in [3.63, 3.8) is 0 Å². The monoisotopic (exact) mass is 876 g/mol. The molecule has 8 aromatic rings. The van der Waals surface area contributed by atoms with Crippen LogP contribution in [0.5, 0.6) is 11.5 Å². The van der Waals surface area contributed by atoms with Crippen LogP contribution in [0.1, 0.15) is 15.3 Å². The van der Waals surface area contributed by atoms with Gasteiger partial charge in [-0.1, -0.05) is 34.8 Å². The summed E-state index contributed by atoms with van der Waals surface area (Å²) in [7, 11) is 3.29. The van der Waals surface area contributed by atoms with Crippen LogP contribution < -0.4 is 49.7 Å². The molecule has 0 spiro atoms. The Morgan fingerprint density at radius 3 is 1.64 bits per heavy atom. The van der Waals surface area contributed by atoms with Crippen LogP contribution in [-0.2, 0) is 9.59 Å². The summed E-state index contributed by atoms with van der Waals surface area (Å²) in [6.45, 7) is 2.93. The number of rotatable bonds is 8. The van der Waals surface area contributed by atoms with E-state index in [0.29, 0.717) is 15.4 Å². The van der Waals surface area contributed by atoms with E-state index in [4.69, 9.17) is 21.1 Å². The summed E-state index contributed by atoms with van der Waals surface area (Å²) < 4.78 is 12.1. The van der Waals surface area contributed by atoms with Crippen molar-refractivity contribution in [3.8, 4) is 34.0 Å². The number of halogens is 1. The number of methoxy groups -OCH3 is 2. The van der Waals surface area contributed by atoms with Gasteiger partial charge in [-0.05, 0) is 108 Å². The van der Waals surface area contributed by atoms with Gasteiger partial charge in [0.25, 0.3) is 0 Å². The van der Waals surface area contributed by atoms with Gasteiger partial charge in [0, 0.05) is 47.2 Å². The number of nitrogens with one attached hydrogen (secondary N) is 2. The number of nitrogens with zero attached hydrogens (tertiary/aromatic N) is 6. The molecule has 4 aromatic heterocycles. The van der Waals surface area contributed by atoms with Gasteiger partial charge in [0.05, 0.1) is 46.0 Å². The van der Waals surface area contributed by atoms with Crippen molar-refractivity contribution >= 4 is 101 Å². The number of thiazole rings is 2. The number of amides is 2. The second kappa shape index (κ2) is 21.4. The largest absolute Gasteiger partial charge is 1.00 e. The van der Waals surface area contributed by atoms with E-state index in [1.165, 1.54) is 48.3 Å². The minimum absolute atomic E-state index is 0. The molecule has 4 heterocycles. The maximum atomic E-state index is 11.2. The molecule has 18 heteroatoms. The zero-order valence-corrected chi connectivity index (χ0v) is 37.9. The molecular formula is C40H34ClN8NaO4S4. The first kappa shape index (κ1) is 44.5. The summed E-state index contributed by atoms with van der Waals surface area (Å²) >= 11 is 14.3. The number of carbonyl (C=O) groups excluding carboxylic acids is 2. The zero-order valence-electron chi connectivity index (χ0n) is 32.8. The number of fused-ring (bicyclic) bond motifs is 2. The summed E-state index contributed by atoms with van der Waals surface area (Å²) in [5.74, 6) is 1.42. The number of carbonyl (C=O) groups is 2. The topological polar surface area (TPSA) is 154 Å². The van der Waals surface area contributed by atoms with Crippen molar-refractivity contribution in [1.82, 2.24) is 29.9 Å². The molecule has 12 nitrogen and oxygen atoms in total. The second-order valence-corrected chi connectivity index (χ2v) is 15.6. The van der Waals surface area contributed by atoms with Crippen LogP contribution in [0.15, 0.2) is 124 Å². The molecule has 8 rings (SSSR count). The Morgan fingerprint density at radius 2 is 1.16 bits per heavy atom. The van der Waals surface area contributed by atoms with Crippen LogP contribution >= 0.6 is 58.7 Å². The first-order valence-corrected chi connectivity index (χ1v) is 20.2. The van der Waals surface area contributed by atoms with Gasteiger partial charge in [0.15, 0.2) is 15.4 Å². The van der Waals surface area contributed by atoms with E-state index < -0.39 is 0 Å². The van der Waals surface area contributed by atoms with E-state index in [2.05, 4.69) is 53.2 Å². The molecule has 0 saturated carbocycles. The number of hydrogen-bond donors (Lipinski definition) is 3. The Balaban J connectivity index is 0.000000216. The third-order valence-electron chi connectivity index (χ3n) is 7.53. The average Bonchev–Trinajstić information content (AvgIpc) is 3.80. The van der Waals surface area contributed by atoms with Crippen LogP contribution in [0, 0.1) is 0 Å². The predicted molar refractivity (Wildman–Crippen MR) is 233 cm³/mol. The SMILES string of the molecule is CC(=O)Nc1nc2ccc(-c3ccnc(Cl)n3)cc2s1.COc1ccc(S)cc1.COc1ccc(Sc2nccc(-c3ccc4nc(NC(C)=O)sc4c3)n2)cc1.[H-].[Na+]. The van der Waals surface area contributed by atoms with E-state index in [1.807, 2.05) is 91.0 Å². The Bertz CT molecular complexity index is 2660. The maximum Gasteiger partial charge on any atom is 1.00 e. The number of anilines is 2. The van der Waals surface area contributed by atoms with Crippen molar-refractivity contribution in [3.05, 3.63) is 115 Å². The van der Waals surface area contributed by atoms with Gasteiger partial charge in [0.2, 0.25) is 17.1 Å². The van der Waals surface area contributed by atoms with Crippen molar-refractivity contribution in [2.24, 2.45) is 0 Å². The number of benzene rings is 4. The van der Waals surface area contributed by atoms with Crippen LogP contribution in [-0.4, -0.2) is 55.9 Å². The smallest absolute Gasteiger partial charge is 1.00 e. The Kier molecular flexibility index (Phi) is 16.4. The van der Waals surface area contributed by atoms with Crippen molar-refractivity contribution in [2.45, 2.75) is 28.8 Å². The number of hydrogen-bond acceptors (Lipinski definition) is 14. The zero-order chi connectivity index (χ0) is 40.3. The Morgan fingerprint density at radius 1 is 0.672 bits per heavy atom. The second-order valence-electron chi connectivity index (χ2n) is 11.7. The van der Waals surface area contributed by atoms with Crippen molar-refractivity contribution < 1.29 is 50.0 Å². The molecule has 2 N–H and O–H groups in total. The van der Waals surface area contributed by atoms with E-state index in [0.717, 1.165) is 64.2 Å².